The molecule has 6 heteroatoms. The average molecular weight is 304 g/mol. The van der Waals surface area contributed by atoms with Crippen molar-refractivity contribution in [2.24, 2.45) is 0 Å². The second-order valence-corrected chi connectivity index (χ2v) is 5.95. The fraction of sp³-hybridized carbons (Fsp3) is 0.500. The van der Waals surface area contributed by atoms with Crippen molar-refractivity contribution in [2.45, 2.75) is 19.9 Å². The number of hydrogen-bond donors (Lipinski definition) is 1. The summed E-state index contributed by atoms with van der Waals surface area (Å²) >= 11 is 0. The van der Waals surface area contributed by atoms with Crippen molar-refractivity contribution < 1.29 is 19.2 Å². The lowest BCUT2D eigenvalue weighted by Gasteiger charge is -2.26. The summed E-state index contributed by atoms with van der Waals surface area (Å²) in [5, 5.41) is 0. The third-order valence-electron chi connectivity index (χ3n) is 4.34. The molecule has 3 amide bonds. The van der Waals surface area contributed by atoms with Gasteiger partial charge in [-0.25, -0.2) is 9.69 Å². The van der Waals surface area contributed by atoms with Crippen molar-refractivity contribution in [3.63, 3.8) is 0 Å². The number of anilines is 1. The molecule has 118 valence electrons. The Bertz CT molecular complexity index is 567. The molecule has 0 aliphatic carbocycles. The number of nitrogens with one attached hydrogen (secondary N) is 1. The maximum atomic E-state index is 12.7. The topological polar surface area (TPSA) is 54.3 Å². The summed E-state index contributed by atoms with van der Waals surface area (Å²) in [5.41, 5.74) is 1.90. The Balaban J connectivity index is 1.77. The van der Waals surface area contributed by atoms with Crippen LogP contribution in [-0.2, 0) is 9.53 Å². The minimum Gasteiger partial charge on any atom is -0.370 e. The van der Waals surface area contributed by atoms with E-state index in [0.717, 1.165) is 24.3 Å². The summed E-state index contributed by atoms with van der Waals surface area (Å²) in [4.78, 5) is 29.3. The second-order valence-electron chi connectivity index (χ2n) is 5.95. The molecule has 22 heavy (non-hydrogen) atoms. The van der Waals surface area contributed by atoms with E-state index in [-0.39, 0.29) is 11.9 Å². The van der Waals surface area contributed by atoms with Crippen molar-refractivity contribution in [1.29, 1.82) is 0 Å². The van der Waals surface area contributed by atoms with Crippen LogP contribution in [0.1, 0.15) is 12.5 Å². The maximum absolute atomic E-state index is 12.7. The van der Waals surface area contributed by atoms with Gasteiger partial charge in [0.05, 0.1) is 13.2 Å². The van der Waals surface area contributed by atoms with E-state index in [2.05, 4.69) is 0 Å². The molecule has 1 atom stereocenters. The second kappa shape index (κ2) is 6.06. The number of urea groups is 1. The van der Waals surface area contributed by atoms with Gasteiger partial charge in [0.1, 0.15) is 19.1 Å². The van der Waals surface area contributed by atoms with Crippen LogP contribution < -0.4 is 9.80 Å². The number of ether oxygens (including phenoxy) is 1. The lowest BCUT2D eigenvalue weighted by Crippen LogP contribution is -3.15. The first kappa shape index (κ1) is 15.0. The van der Waals surface area contributed by atoms with E-state index >= 15 is 0 Å². The van der Waals surface area contributed by atoms with Gasteiger partial charge in [-0.15, -0.1) is 0 Å². The number of carbonyl (C=O) groups is 2. The molecule has 1 aromatic rings. The van der Waals surface area contributed by atoms with E-state index in [0.29, 0.717) is 19.9 Å². The predicted octanol–water partition coefficient (Wildman–Crippen LogP) is 0.0247. The Labute approximate surface area is 130 Å². The molecule has 0 radical (unpaired) electrons. The molecule has 1 aromatic carbocycles. The van der Waals surface area contributed by atoms with Gasteiger partial charge in [0.25, 0.3) is 5.91 Å². The third-order valence-corrected chi connectivity index (χ3v) is 4.34. The third kappa shape index (κ3) is 2.71. The zero-order valence-electron chi connectivity index (χ0n) is 13.0. The number of rotatable bonds is 3. The summed E-state index contributed by atoms with van der Waals surface area (Å²) in [6.07, 6.45) is 0. The van der Waals surface area contributed by atoms with Crippen LogP contribution in [0.2, 0.25) is 0 Å². The summed E-state index contributed by atoms with van der Waals surface area (Å²) in [6, 6.07) is 7.02. The van der Waals surface area contributed by atoms with E-state index in [4.69, 9.17) is 4.74 Å². The molecule has 2 heterocycles. The first-order chi connectivity index (χ1) is 10.6. The molecule has 0 aromatic heterocycles. The molecule has 0 spiro atoms. The number of imide groups is 1. The first-order valence-electron chi connectivity index (χ1n) is 7.70. The number of amides is 3. The van der Waals surface area contributed by atoms with Crippen molar-refractivity contribution in [2.75, 3.05) is 37.9 Å². The molecule has 1 N–H and O–H groups in total. The lowest BCUT2D eigenvalue weighted by atomic mass is 10.2. The molecule has 6 nitrogen and oxygen atoms in total. The fourth-order valence-electron chi connectivity index (χ4n) is 2.95. The molecular formula is C16H22N3O3+. The van der Waals surface area contributed by atoms with Crippen LogP contribution >= 0.6 is 0 Å². The Kier molecular flexibility index (Phi) is 4.13. The van der Waals surface area contributed by atoms with Crippen LogP contribution in [0.3, 0.4) is 0 Å². The van der Waals surface area contributed by atoms with Gasteiger partial charge in [-0.2, -0.15) is 0 Å². The zero-order valence-corrected chi connectivity index (χ0v) is 13.0. The van der Waals surface area contributed by atoms with Crippen LogP contribution in [-0.4, -0.2) is 55.9 Å². The van der Waals surface area contributed by atoms with Gasteiger partial charge in [0, 0.05) is 5.69 Å². The zero-order chi connectivity index (χ0) is 15.7. The van der Waals surface area contributed by atoms with Crippen LogP contribution in [0.25, 0.3) is 0 Å². The Morgan fingerprint density at radius 1 is 1.18 bits per heavy atom. The first-order valence-corrected chi connectivity index (χ1v) is 7.70. The molecule has 0 bridgehead atoms. The van der Waals surface area contributed by atoms with Crippen molar-refractivity contribution >= 4 is 17.6 Å². The van der Waals surface area contributed by atoms with Crippen molar-refractivity contribution in [3.05, 3.63) is 29.8 Å². The SMILES string of the molecule is Cc1ccc(N2C(=O)N(C[NH+]3CCOCC3)C(=O)[C@@H]2C)cc1. The van der Waals surface area contributed by atoms with E-state index in [1.807, 2.05) is 31.2 Å². The number of carbonyl (C=O) groups excluding carboxylic acids is 2. The summed E-state index contributed by atoms with van der Waals surface area (Å²) < 4.78 is 5.32. The highest BCUT2D eigenvalue weighted by Crippen LogP contribution is 2.25. The van der Waals surface area contributed by atoms with E-state index < -0.39 is 6.04 Å². The minimum atomic E-state index is -0.448. The molecule has 2 saturated heterocycles. The van der Waals surface area contributed by atoms with Gasteiger partial charge in [0.15, 0.2) is 6.67 Å². The van der Waals surface area contributed by atoms with Crippen LogP contribution in [0.15, 0.2) is 24.3 Å². The van der Waals surface area contributed by atoms with E-state index in [9.17, 15) is 9.59 Å². The summed E-state index contributed by atoms with van der Waals surface area (Å²) in [5.74, 6) is -0.121. The minimum absolute atomic E-state index is 0.121. The molecule has 2 fully saturated rings. The molecule has 0 unspecified atom stereocenters. The lowest BCUT2D eigenvalue weighted by molar-refractivity contribution is -0.915. The van der Waals surface area contributed by atoms with Gasteiger partial charge in [-0.3, -0.25) is 9.69 Å². The summed E-state index contributed by atoms with van der Waals surface area (Å²) in [7, 11) is 0. The van der Waals surface area contributed by atoms with Gasteiger partial charge in [0.2, 0.25) is 0 Å². The smallest absolute Gasteiger partial charge is 0.336 e. The number of morpholine rings is 1. The average Bonchev–Trinajstić information content (AvgIpc) is 2.73. The molecular weight excluding hydrogens is 282 g/mol. The molecule has 2 aliphatic rings. The van der Waals surface area contributed by atoms with E-state index in [1.54, 1.807) is 11.8 Å². The molecule has 0 saturated carbocycles. The molecule has 2 aliphatic heterocycles. The maximum Gasteiger partial charge on any atom is 0.336 e. The van der Waals surface area contributed by atoms with Gasteiger partial charge in [-0.1, -0.05) is 17.7 Å². The summed E-state index contributed by atoms with van der Waals surface area (Å²) in [6.45, 7) is 7.23. The largest absolute Gasteiger partial charge is 0.370 e. The van der Waals surface area contributed by atoms with Crippen molar-refractivity contribution in [1.82, 2.24) is 4.90 Å². The number of hydrogen-bond acceptors (Lipinski definition) is 3. The number of quaternary nitrogens is 1. The van der Waals surface area contributed by atoms with Gasteiger partial charge >= 0.3 is 6.03 Å². The quantitative estimate of drug-likeness (QED) is 0.801. The van der Waals surface area contributed by atoms with Crippen molar-refractivity contribution in [3.8, 4) is 0 Å². The Morgan fingerprint density at radius 2 is 1.82 bits per heavy atom. The van der Waals surface area contributed by atoms with Crippen LogP contribution in [0, 0.1) is 6.92 Å². The highest BCUT2D eigenvalue weighted by atomic mass is 16.5. The fourth-order valence-corrected chi connectivity index (χ4v) is 2.95. The monoisotopic (exact) mass is 304 g/mol. The van der Waals surface area contributed by atoms with E-state index in [1.165, 1.54) is 9.80 Å². The standard InChI is InChI=1S/C16H21N3O3/c1-12-3-5-14(6-4-12)19-13(2)15(20)18(16(19)21)11-17-7-9-22-10-8-17/h3-6,13H,7-11H2,1-2H3/p+1/t13-/m0/s1. The highest BCUT2D eigenvalue weighted by Gasteiger charge is 2.45. The highest BCUT2D eigenvalue weighted by molar-refractivity contribution is 6.13. The van der Waals surface area contributed by atoms with Crippen LogP contribution in [0.4, 0.5) is 10.5 Å². The number of nitrogens with zero attached hydrogens (tertiary/aromatic N) is 2. The van der Waals surface area contributed by atoms with Crippen LogP contribution in [0.5, 0.6) is 0 Å². The Morgan fingerprint density at radius 3 is 2.45 bits per heavy atom. The number of benzene rings is 1. The normalized spacial score (nSPS) is 23.5. The Hall–Kier alpha value is -1.92. The number of aryl methyl sites for hydroxylation is 1. The molecule has 3 rings (SSSR count). The van der Waals surface area contributed by atoms with Gasteiger partial charge < -0.3 is 9.64 Å². The van der Waals surface area contributed by atoms with Gasteiger partial charge in [-0.05, 0) is 26.0 Å². The predicted molar refractivity (Wildman–Crippen MR) is 81.7 cm³/mol.